The highest BCUT2D eigenvalue weighted by atomic mass is 14.7. The molecule has 0 amide bonds. The van der Waals surface area contributed by atoms with Gasteiger partial charge in [0.05, 0.1) is 11.4 Å². The average Bonchev–Trinajstić information content (AvgIpc) is 2.99. The molecule has 0 unspecified atom stereocenters. The maximum atomic E-state index is 4.58. The number of rotatable bonds is 4. The van der Waals surface area contributed by atoms with Gasteiger partial charge in [0.2, 0.25) is 0 Å². The summed E-state index contributed by atoms with van der Waals surface area (Å²) in [7, 11) is 0. The van der Waals surface area contributed by atoms with Gasteiger partial charge < -0.3 is 0 Å². The zero-order valence-corrected chi connectivity index (χ0v) is 23.6. The lowest BCUT2D eigenvalue weighted by molar-refractivity contribution is 1.32. The molecule has 2 aromatic heterocycles. The first kappa shape index (κ1) is 26.8. The van der Waals surface area contributed by atoms with E-state index in [-0.39, 0.29) is 0 Å². The van der Waals surface area contributed by atoms with Gasteiger partial charge in [0.15, 0.2) is 0 Å². The summed E-state index contributed by atoms with van der Waals surface area (Å²) in [6, 6.07) is 42.4. The van der Waals surface area contributed by atoms with E-state index >= 15 is 0 Å². The summed E-state index contributed by atoms with van der Waals surface area (Å²) in [4.78, 5) is 9.15. The molecule has 40 heavy (non-hydrogen) atoms. The molecule has 2 heteroatoms. The molecular weight excluding hydrogens is 484 g/mol. The molecule has 2 heterocycles. The number of pyridine rings is 2. The van der Waals surface area contributed by atoms with E-state index in [4.69, 9.17) is 0 Å². The summed E-state index contributed by atoms with van der Waals surface area (Å²) in [5.41, 5.74) is 14.2. The molecule has 6 aromatic rings. The fourth-order valence-corrected chi connectivity index (χ4v) is 4.41. The largest absolute Gasteiger partial charge is 0.256 e. The molecule has 0 bridgehead atoms. The molecule has 4 aromatic carbocycles. The van der Waals surface area contributed by atoms with Crippen LogP contribution in [0.3, 0.4) is 0 Å². The molecule has 0 saturated carbocycles. The molecule has 0 fully saturated rings. The Balaban J connectivity index is 0.000000161. The quantitative estimate of drug-likeness (QED) is 0.232. The summed E-state index contributed by atoms with van der Waals surface area (Å²) in [6.45, 7) is 8.39. The van der Waals surface area contributed by atoms with Gasteiger partial charge in [0.1, 0.15) is 0 Å². The van der Waals surface area contributed by atoms with Crippen molar-refractivity contribution in [3.8, 4) is 44.8 Å². The van der Waals surface area contributed by atoms with Gasteiger partial charge in [-0.3, -0.25) is 9.97 Å². The van der Waals surface area contributed by atoms with E-state index in [0.717, 1.165) is 33.6 Å². The zero-order valence-electron chi connectivity index (χ0n) is 23.6. The van der Waals surface area contributed by atoms with Crippen LogP contribution in [0.5, 0.6) is 0 Å². The van der Waals surface area contributed by atoms with E-state index in [1.807, 2.05) is 12.4 Å². The van der Waals surface area contributed by atoms with Crippen molar-refractivity contribution in [3.05, 3.63) is 156 Å². The Morgan fingerprint density at radius 2 is 0.525 bits per heavy atom. The third kappa shape index (κ3) is 6.78. The fraction of sp³-hybridized carbons (Fsp3) is 0.105. The van der Waals surface area contributed by atoms with Gasteiger partial charge in [-0.05, 0) is 51.0 Å². The molecule has 6 rings (SSSR count). The van der Waals surface area contributed by atoms with Crippen LogP contribution in [0.25, 0.3) is 44.8 Å². The van der Waals surface area contributed by atoms with Crippen molar-refractivity contribution in [1.29, 1.82) is 0 Å². The predicted molar refractivity (Wildman–Crippen MR) is 169 cm³/mol. The van der Waals surface area contributed by atoms with Crippen LogP contribution in [-0.4, -0.2) is 9.97 Å². The first-order valence-electron chi connectivity index (χ1n) is 13.6. The Morgan fingerprint density at radius 1 is 0.275 bits per heavy atom. The second-order valence-electron chi connectivity index (χ2n) is 10.3. The highest BCUT2D eigenvalue weighted by Crippen LogP contribution is 2.24. The van der Waals surface area contributed by atoms with Crippen molar-refractivity contribution in [2.75, 3.05) is 0 Å². The Hall–Kier alpha value is -4.82. The highest BCUT2D eigenvalue weighted by Gasteiger charge is 2.03. The Morgan fingerprint density at radius 3 is 0.775 bits per heavy atom. The van der Waals surface area contributed by atoms with Crippen molar-refractivity contribution in [3.63, 3.8) is 0 Å². The number of aryl methyl sites for hydroxylation is 4. The minimum absolute atomic E-state index is 1.01. The Labute approximate surface area is 238 Å². The second-order valence-corrected chi connectivity index (χ2v) is 10.3. The lowest BCUT2D eigenvalue weighted by atomic mass is 10.0. The van der Waals surface area contributed by atoms with Crippen LogP contribution in [0.2, 0.25) is 0 Å². The molecule has 196 valence electrons. The van der Waals surface area contributed by atoms with Crippen LogP contribution in [0.1, 0.15) is 22.3 Å². The van der Waals surface area contributed by atoms with E-state index in [2.05, 4.69) is 159 Å². The summed E-state index contributed by atoms with van der Waals surface area (Å²) < 4.78 is 0. The van der Waals surface area contributed by atoms with Gasteiger partial charge in [-0.1, -0.05) is 131 Å². The lowest BCUT2D eigenvalue weighted by Crippen LogP contribution is -1.85. The van der Waals surface area contributed by atoms with Crippen molar-refractivity contribution in [1.82, 2.24) is 9.97 Å². The molecule has 0 aliphatic carbocycles. The summed E-state index contributed by atoms with van der Waals surface area (Å²) >= 11 is 0. The second kappa shape index (κ2) is 12.4. The molecule has 0 N–H and O–H groups in total. The van der Waals surface area contributed by atoms with Gasteiger partial charge in [-0.25, -0.2) is 0 Å². The number of aromatic nitrogens is 2. The van der Waals surface area contributed by atoms with Gasteiger partial charge in [0.25, 0.3) is 0 Å². The third-order valence-corrected chi connectivity index (χ3v) is 6.99. The standard InChI is InChI=1S/2C19H17N/c2*1-14-3-7-16(8-4-14)18-11-12-19(20-13-18)17-9-5-15(2)6-10-17/h2*3-13H,1-2H3. The van der Waals surface area contributed by atoms with Crippen LogP contribution in [-0.2, 0) is 0 Å². The third-order valence-electron chi connectivity index (χ3n) is 6.99. The van der Waals surface area contributed by atoms with Crippen molar-refractivity contribution in [2.45, 2.75) is 27.7 Å². The van der Waals surface area contributed by atoms with Gasteiger partial charge in [0, 0.05) is 34.6 Å². The fourth-order valence-electron chi connectivity index (χ4n) is 4.41. The first-order valence-corrected chi connectivity index (χ1v) is 13.6. The highest BCUT2D eigenvalue weighted by molar-refractivity contribution is 5.68. The van der Waals surface area contributed by atoms with Crippen LogP contribution >= 0.6 is 0 Å². The topological polar surface area (TPSA) is 25.8 Å². The lowest BCUT2D eigenvalue weighted by Gasteiger charge is -2.05. The van der Waals surface area contributed by atoms with E-state index in [9.17, 15) is 0 Å². The van der Waals surface area contributed by atoms with Gasteiger partial charge >= 0.3 is 0 Å². The van der Waals surface area contributed by atoms with Crippen molar-refractivity contribution < 1.29 is 0 Å². The van der Waals surface area contributed by atoms with E-state index < -0.39 is 0 Å². The Kier molecular flexibility index (Phi) is 8.27. The summed E-state index contributed by atoms with van der Waals surface area (Å²) in [6.07, 6.45) is 3.89. The van der Waals surface area contributed by atoms with Gasteiger partial charge in [-0.15, -0.1) is 0 Å². The molecule has 0 radical (unpaired) electrons. The van der Waals surface area contributed by atoms with Crippen LogP contribution in [0.4, 0.5) is 0 Å². The zero-order chi connectivity index (χ0) is 27.9. The minimum atomic E-state index is 1.01. The number of hydrogen-bond acceptors (Lipinski definition) is 2. The maximum absolute atomic E-state index is 4.58. The molecular formula is C38H34N2. The smallest absolute Gasteiger partial charge is 0.0702 e. The van der Waals surface area contributed by atoms with Crippen LogP contribution in [0.15, 0.2) is 134 Å². The predicted octanol–water partition coefficient (Wildman–Crippen LogP) is 10.1. The number of benzene rings is 4. The molecule has 0 aliphatic heterocycles. The van der Waals surface area contributed by atoms with E-state index in [1.54, 1.807) is 0 Å². The molecule has 2 nitrogen and oxygen atoms in total. The van der Waals surface area contributed by atoms with E-state index in [1.165, 1.54) is 33.4 Å². The molecule has 0 atom stereocenters. The molecule has 0 spiro atoms. The number of nitrogens with zero attached hydrogens (tertiary/aromatic N) is 2. The summed E-state index contributed by atoms with van der Waals surface area (Å²) in [5.74, 6) is 0. The minimum Gasteiger partial charge on any atom is -0.256 e. The van der Waals surface area contributed by atoms with Gasteiger partial charge in [-0.2, -0.15) is 0 Å². The molecule has 0 aliphatic rings. The first-order chi connectivity index (χ1) is 19.4. The van der Waals surface area contributed by atoms with Crippen molar-refractivity contribution >= 4 is 0 Å². The summed E-state index contributed by atoms with van der Waals surface area (Å²) in [5, 5.41) is 0. The number of hydrogen-bond donors (Lipinski definition) is 0. The van der Waals surface area contributed by atoms with Crippen LogP contribution in [0, 0.1) is 27.7 Å². The van der Waals surface area contributed by atoms with Crippen LogP contribution < -0.4 is 0 Å². The Bertz CT molecular complexity index is 1390. The van der Waals surface area contributed by atoms with Crippen molar-refractivity contribution in [2.24, 2.45) is 0 Å². The monoisotopic (exact) mass is 518 g/mol. The molecule has 0 saturated heterocycles. The normalized spacial score (nSPS) is 10.5. The van der Waals surface area contributed by atoms with E-state index in [0.29, 0.717) is 0 Å². The maximum Gasteiger partial charge on any atom is 0.0702 e. The average molecular weight is 519 g/mol. The SMILES string of the molecule is Cc1ccc(-c2ccc(-c3ccc(C)cc3)nc2)cc1.Cc1ccc(-c2ccc(-c3ccc(C)cc3)nc2)cc1.